The number of nitriles is 1. The van der Waals surface area contributed by atoms with Crippen molar-refractivity contribution < 1.29 is 9.21 Å². The first-order chi connectivity index (χ1) is 16.6. The van der Waals surface area contributed by atoms with Crippen LogP contribution in [-0.2, 0) is 0 Å². The normalized spacial score (nSPS) is 11.0. The maximum atomic E-state index is 12.8. The second kappa shape index (κ2) is 8.85. The van der Waals surface area contributed by atoms with Gasteiger partial charge in [0.2, 0.25) is 0 Å². The third kappa shape index (κ3) is 4.06. The van der Waals surface area contributed by atoms with Crippen molar-refractivity contribution in [2.24, 2.45) is 0 Å². The van der Waals surface area contributed by atoms with Crippen LogP contribution in [0.2, 0.25) is 0 Å². The van der Waals surface area contributed by atoms with Gasteiger partial charge in [-0.05, 0) is 48.6 Å². The molecule has 0 saturated carbocycles. The highest BCUT2D eigenvalue weighted by molar-refractivity contribution is 6.07. The average molecular weight is 443 g/mol. The molecule has 0 spiro atoms. The molecule has 6 heteroatoms. The molecule has 0 amide bonds. The second-order valence-corrected chi connectivity index (χ2v) is 7.59. The summed E-state index contributed by atoms with van der Waals surface area (Å²) < 4.78 is 7.17. The monoisotopic (exact) mass is 443 g/mol. The molecule has 0 saturated heterocycles. The SMILES string of the molecule is N#Cc1cccc(C(=O)C=Cc2cn(-c3ccccc3)nc2-c2cc3ccccc3oc2=O)c1. The number of carbonyl (C=O) groups is 1. The van der Waals surface area contributed by atoms with E-state index in [4.69, 9.17) is 9.68 Å². The van der Waals surface area contributed by atoms with Gasteiger partial charge in [-0.1, -0.05) is 48.5 Å². The largest absolute Gasteiger partial charge is 0.422 e. The maximum absolute atomic E-state index is 12.8. The fourth-order valence-electron chi connectivity index (χ4n) is 3.66. The Morgan fingerprint density at radius 1 is 0.971 bits per heavy atom. The highest BCUT2D eigenvalue weighted by Gasteiger charge is 2.16. The number of rotatable bonds is 5. The number of benzene rings is 3. The number of nitrogens with zero attached hydrogens (tertiary/aromatic N) is 3. The van der Waals surface area contributed by atoms with Crippen molar-refractivity contribution >= 4 is 22.8 Å². The van der Waals surface area contributed by atoms with Crippen molar-refractivity contribution in [1.82, 2.24) is 9.78 Å². The molecular weight excluding hydrogens is 426 g/mol. The number of hydrogen-bond donors (Lipinski definition) is 0. The molecule has 5 rings (SSSR count). The quantitative estimate of drug-likeness (QED) is 0.206. The number of carbonyl (C=O) groups excluding carboxylic acids is 1. The topological polar surface area (TPSA) is 88.9 Å². The Hall–Kier alpha value is -5.02. The van der Waals surface area contributed by atoms with Crippen LogP contribution < -0.4 is 5.63 Å². The fraction of sp³-hybridized carbons (Fsp3) is 0. The summed E-state index contributed by atoms with van der Waals surface area (Å²) in [4.78, 5) is 25.6. The van der Waals surface area contributed by atoms with Gasteiger partial charge in [0.25, 0.3) is 0 Å². The predicted molar refractivity (Wildman–Crippen MR) is 130 cm³/mol. The number of allylic oxidation sites excluding steroid dienone is 1. The molecule has 3 aromatic carbocycles. The number of aromatic nitrogens is 2. The molecule has 34 heavy (non-hydrogen) atoms. The van der Waals surface area contributed by atoms with E-state index in [-0.39, 0.29) is 5.78 Å². The summed E-state index contributed by atoms with van der Waals surface area (Å²) in [6, 6.07) is 27.0. The summed E-state index contributed by atoms with van der Waals surface area (Å²) in [6.07, 6.45) is 4.79. The summed E-state index contributed by atoms with van der Waals surface area (Å²) in [5.41, 5.74) is 2.87. The fourth-order valence-corrected chi connectivity index (χ4v) is 3.66. The van der Waals surface area contributed by atoms with Crippen molar-refractivity contribution in [3.63, 3.8) is 0 Å². The summed E-state index contributed by atoms with van der Waals surface area (Å²) in [6.45, 7) is 0. The van der Waals surface area contributed by atoms with E-state index in [0.717, 1.165) is 11.1 Å². The molecule has 162 valence electrons. The van der Waals surface area contributed by atoms with Gasteiger partial charge in [-0.25, -0.2) is 9.48 Å². The zero-order valence-corrected chi connectivity index (χ0v) is 17.9. The van der Waals surface area contributed by atoms with E-state index >= 15 is 0 Å². The van der Waals surface area contributed by atoms with Gasteiger partial charge in [0.15, 0.2) is 5.78 Å². The number of para-hydroxylation sites is 2. The minimum Gasteiger partial charge on any atom is -0.422 e. The zero-order valence-electron chi connectivity index (χ0n) is 17.9. The first kappa shape index (κ1) is 20.9. The molecule has 0 aliphatic rings. The van der Waals surface area contributed by atoms with Gasteiger partial charge < -0.3 is 4.42 Å². The van der Waals surface area contributed by atoms with E-state index in [1.165, 1.54) is 6.08 Å². The van der Waals surface area contributed by atoms with Crippen LogP contribution in [-0.4, -0.2) is 15.6 Å². The highest BCUT2D eigenvalue weighted by atomic mass is 16.4. The molecule has 2 aromatic heterocycles. The molecule has 0 N–H and O–H groups in total. The molecule has 5 aromatic rings. The lowest BCUT2D eigenvalue weighted by Gasteiger charge is -2.01. The first-order valence-electron chi connectivity index (χ1n) is 10.5. The van der Waals surface area contributed by atoms with Crippen molar-refractivity contribution in [2.75, 3.05) is 0 Å². The minimum atomic E-state index is -0.514. The van der Waals surface area contributed by atoms with Gasteiger partial charge >= 0.3 is 5.63 Å². The van der Waals surface area contributed by atoms with E-state index in [1.807, 2.05) is 48.5 Å². The smallest absolute Gasteiger partial charge is 0.345 e. The van der Waals surface area contributed by atoms with Crippen LogP contribution in [0.15, 0.2) is 106 Å². The Morgan fingerprint density at radius 3 is 2.59 bits per heavy atom. The van der Waals surface area contributed by atoms with Gasteiger partial charge in [0.1, 0.15) is 11.3 Å². The molecule has 0 unspecified atom stereocenters. The molecule has 0 fully saturated rings. The van der Waals surface area contributed by atoms with Crippen LogP contribution in [0.25, 0.3) is 34.0 Å². The Balaban J connectivity index is 1.62. The van der Waals surface area contributed by atoms with Crippen LogP contribution in [0.5, 0.6) is 0 Å². The van der Waals surface area contributed by atoms with E-state index in [0.29, 0.717) is 33.5 Å². The Kier molecular flexibility index (Phi) is 5.43. The van der Waals surface area contributed by atoms with Crippen molar-refractivity contribution in [2.45, 2.75) is 0 Å². The average Bonchev–Trinajstić information content (AvgIpc) is 3.31. The van der Waals surface area contributed by atoms with Gasteiger partial charge in [0, 0.05) is 22.7 Å². The predicted octanol–water partition coefficient (Wildman–Crippen LogP) is 5.41. The summed E-state index contributed by atoms with van der Waals surface area (Å²) in [5, 5.41) is 14.5. The molecule has 0 radical (unpaired) electrons. The van der Waals surface area contributed by atoms with Gasteiger partial charge in [-0.2, -0.15) is 10.4 Å². The van der Waals surface area contributed by atoms with E-state index in [2.05, 4.69) is 5.10 Å². The van der Waals surface area contributed by atoms with Crippen molar-refractivity contribution in [3.8, 4) is 23.0 Å². The van der Waals surface area contributed by atoms with Crippen LogP contribution >= 0.6 is 0 Å². The number of fused-ring (bicyclic) bond motifs is 1. The zero-order chi connectivity index (χ0) is 23.5. The lowest BCUT2D eigenvalue weighted by molar-refractivity contribution is 0.104. The van der Waals surface area contributed by atoms with E-state index < -0.39 is 5.63 Å². The Morgan fingerprint density at radius 2 is 1.76 bits per heavy atom. The molecule has 2 heterocycles. The maximum Gasteiger partial charge on any atom is 0.345 e. The number of hydrogen-bond acceptors (Lipinski definition) is 5. The first-order valence-corrected chi connectivity index (χ1v) is 10.5. The van der Waals surface area contributed by atoms with E-state index in [9.17, 15) is 9.59 Å². The Bertz CT molecular complexity index is 1650. The van der Waals surface area contributed by atoms with Gasteiger partial charge in [-0.15, -0.1) is 0 Å². The van der Waals surface area contributed by atoms with Crippen molar-refractivity contribution in [1.29, 1.82) is 5.26 Å². The molecule has 0 atom stereocenters. The van der Waals surface area contributed by atoms with Crippen LogP contribution in [0.4, 0.5) is 0 Å². The molecule has 0 aliphatic heterocycles. The highest BCUT2D eigenvalue weighted by Crippen LogP contribution is 2.25. The van der Waals surface area contributed by atoms with E-state index in [1.54, 1.807) is 59.4 Å². The third-order valence-corrected chi connectivity index (χ3v) is 5.35. The summed E-state index contributed by atoms with van der Waals surface area (Å²) >= 11 is 0. The molecule has 0 bridgehead atoms. The Labute approximate surface area is 194 Å². The summed E-state index contributed by atoms with van der Waals surface area (Å²) in [5.74, 6) is -0.263. The molecule has 6 nitrogen and oxygen atoms in total. The van der Waals surface area contributed by atoms with Crippen molar-refractivity contribution in [3.05, 3.63) is 124 Å². The van der Waals surface area contributed by atoms with Gasteiger partial charge in [0.05, 0.1) is 22.9 Å². The third-order valence-electron chi connectivity index (χ3n) is 5.35. The lowest BCUT2D eigenvalue weighted by Crippen LogP contribution is -2.04. The molecular formula is C28H17N3O3. The number of ketones is 1. The minimum absolute atomic E-state index is 0.263. The van der Waals surface area contributed by atoms with Crippen LogP contribution in [0.3, 0.4) is 0 Å². The van der Waals surface area contributed by atoms with Crippen LogP contribution in [0, 0.1) is 11.3 Å². The summed E-state index contributed by atoms with van der Waals surface area (Å²) in [7, 11) is 0. The molecule has 0 aliphatic carbocycles. The second-order valence-electron chi connectivity index (χ2n) is 7.59. The lowest BCUT2D eigenvalue weighted by atomic mass is 10.0. The van der Waals surface area contributed by atoms with Gasteiger partial charge in [-0.3, -0.25) is 4.79 Å². The standard InChI is InChI=1S/C28H17N3O3/c29-17-19-7-6-9-20(15-19)25(32)14-13-22-18-31(23-10-2-1-3-11-23)30-27(22)24-16-21-8-4-5-12-26(21)34-28(24)33/h1-16,18H. The van der Waals surface area contributed by atoms with Crippen LogP contribution in [0.1, 0.15) is 21.5 Å².